The van der Waals surface area contributed by atoms with Crippen LogP contribution in [0.3, 0.4) is 0 Å². The summed E-state index contributed by atoms with van der Waals surface area (Å²) < 4.78 is 77.5. The number of hydrogen-bond donors (Lipinski definition) is 1. The van der Waals surface area contributed by atoms with E-state index in [9.17, 15) is 26.4 Å². The number of ether oxygens (including phenoxy) is 2. The molecule has 1 atom stereocenters. The van der Waals surface area contributed by atoms with Crippen LogP contribution in [0.5, 0.6) is 11.5 Å². The van der Waals surface area contributed by atoms with Crippen molar-refractivity contribution in [1.29, 1.82) is 0 Å². The molecule has 1 fully saturated rings. The van der Waals surface area contributed by atoms with Gasteiger partial charge in [-0.2, -0.15) is 17.5 Å². The molecule has 0 unspecified atom stereocenters. The number of benzene rings is 2. The Morgan fingerprint density at radius 1 is 1.13 bits per heavy atom. The van der Waals surface area contributed by atoms with Gasteiger partial charge in [0, 0.05) is 12.6 Å². The zero-order valence-corrected chi connectivity index (χ0v) is 17.6. The van der Waals surface area contributed by atoms with Crippen molar-refractivity contribution in [2.24, 2.45) is 0 Å². The maximum atomic E-state index is 13.4. The third kappa shape index (κ3) is 4.62. The fourth-order valence-corrected chi connectivity index (χ4v) is 5.34. The summed E-state index contributed by atoms with van der Waals surface area (Å²) in [6, 6.07) is 7.47. The van der Waals surface area contributed by atoms with Crippen LogP contribution < -0.4 is 14.8 Å². The molecule has 0 aliphatic carbocycles. The van der Waals surface area contributed by atoms with Crippen molar-refractivity contribution in [3.63, 3.8) is 0 Å². The number of nitrogens with one attached hydrogen (secondary N) is 1. The number of alkyl halides is 3. The molecular formula is C20H21F3N2O5S. The van der Waals surface area contributed by atoms with E-state index in [-0.39, 0.29) is 18.7 Å². The zero-order valence-electron chi connectivity index (χ0n) is 16.8. The van der Waals surface area contributed by atoms with Crippen LogP contribution in [0.25, 0.3) is 0 Å². The molecule has 1 saturated heterocycles. The van der Waals surface area contributed by atoms with Gasteiger partial charge in [-0.25, -0.2) is 8.42 Å². The predicted molar refractivity (Wildman–Crippen MR) is 107 cm³/mol. The minimum absolute atomic E-state index is 0.0676. The molecule has 0 saturated carbocycles. The highest BCUT2D eigenvalue weighted by molar-refractivity contribution is 7.89. The topological polar surface area (TPSA) is 84.9 Å². The van der Waals surface area contributed by atoms with Gasteiger partial charge in [0.25, 0.3) is 0 Å². The van der Waals surface area contributed by atoms with Crippen LogP contribution in [-0.2, 0) is 21.0 Å². The Labute approximate surface area is 177 Å². The molecule has 1 amide bonds. The van der Waals surface area contributed by atoms with E-state index in [1.807, 2.05) is 0 Å². The van der Waals surface area contributed by atoms with E-state index in [4.69, 9.17) is 9.47 Å². The van der Waals surface area contributed by atoms with Crippen molar-refractivity contribution >= 4 is 21.6 Å². The smallest absolute Gasteiger partial charge is 0.417 e. The highest BCUT2D eigenvalue weighted by atomic mass is 32.2. The van der Waals surface area contributed by atoms with Gasteiger partial charge in [0.2, 0.25) is 15.9 Å². The summed E-state index contributed by atoms with van der Waals surface area (Å²) in [6.45, 7) is -0.0676. The minimum atomic E-state index is -4.85. The summed E-state index contributed by atoms with van der Waals surface area (Å²) in [7, 11) is -1.73. The largest absolute Gasteiger partial charge is 0.497 e. The van der Waals surface area contributed by atoms with Gasteiger partial charge >= 0.3 is 6.18 Å². The van der Waals surface area contributed by atoms with Crippen molar-refractivity contribution in [1.82, 2.24) is 4.31 Å². The van der Waals surface area contributed by atoms with Gasteiger partial charge in [-0.15, -0.1) is 0 Å². The fraction of sp³-hybridized carbons (Fsp3) is 0.350. The van der Waals surface area contributed by atoms with E-state index < -0.39 is 38.6 Å². The molecule has 3 rings (SSSR count). The fourth-order valence-electron chi connectivity index (χ4n) is 3.47. The molecule has 1 aliphatic rings. The number of carbonyl (C=O) groups is 1. The van der Waals surface area contributed by atoms with Crippen molar-refractivity contribution in [2.75, 3.05) is 26.1 Å². The summed E-state index contributed by atoms with van der Waals surface area (Å²) >= 11 is 0. The van der Waals surface area contributed by atoms with Crippen molar-refractivity contribution in [2.45, 2.75) is 30.0 Å². The number of halogens is 3. The van der Waals surface area contributed by atoms with Gasteiger partial charge in [-0.3, -0.25) is 4.79 Å². The number of rotatable bonds is 6. The molecule has 1 aliphatic heterocycles. The Balaban J connectivity index is 1.92. The van der Waals surface area contributed by atoms with Gasteiger partial charge in [-0.05, 0) is 37.1 Å². The van der Waals surface area contributed by atoms with Gasteiger partial charge in [-0.1, -0.05) is 12.1 Å². The van der Waals surface area contributed by atoms with Crippen LogP contribution in [0, 0.1) is 0 Å². The van der Waals surface area contributed by atoms with E-state index in [2.05, 4.69) is 5.32 Å². The molecule has 0 aromatic heterocycles. The summed E-state index contributed by atoms with van der Waals surface area (Å²) in [5.41, 5.74) is -1.01. The average molecular weight is 458 g/mol. The molecule has 168 valence electrons. The minimum Gasteiger partial charge on any atom is -0.497 e. The Morgan fingerprint density at radius 3 is 2.48 bits per heavy atom. The Bertz CT molecular complexity index is 1070. The number of anilines is 1. The number of methoxy groups -OCH3 is 2. The molecule has 7 nitrogen and oxygen atoms in total. The van der Waals surface area contributed by atoms with Crippen LogP contribution in [0.15, 0.2) is 47.4 Å². The number of nitrogens with zero attached hydrogens (tertiary/aromatic N) is 1. The quantitative estimate of drug-likeness (QED) is 0.716. The molecule has 2 aromatic carbocycles. The molecule has 2 aromatic rings. The van der Waals surface area contributed by atoms with Crippen molar-refractivity contribution in [3.8, 4) is 11.5 Å². The first-order chi connectivity index (χ1) is 14.6. The normalized spacial score (nSPS) is 17.4. The third-order valence-electron chi connectivity index (χ3n) is 4.95. The molecule has 31 heavy (non-hydrogen) atoms. The third-order valence-corrected chi connectivity index (χ3v) is 6.92. The van der Waals surface area contributed by atoms with Crippen LogP contribution in [0.4, 0.5) is 18.9 Å². The highest BCUT2D eigenvalue weighted by Crippen LogP contribution is 2.37. The maximum absolute atomic E-state index is 13.4. The molecule has 1 N–H and O–H groups in total. The molecule has 0 bridgehead atoms. The standard InChI is InChI=1S/C20H21F3N2O5S/c1-29-13-9-10-17(30-2)15(12-13)24-19(26)16-7-5-11-25(16)31(27,28)18-8-4-3-6-14(18)20(21,22)23/h3-4,6,8-10,12,16H,5,7,11H2,1-2H3,(H,24,26)/t16-/m0/s1. The van der Waals surface area contributed by atoms with E-state index in [1.165, 1.54) is 26.4 Å². The number of amides is 1. The van der Waals surface area contributed by atoms with Gasteiger partial charge < -0.3 is 14.8 Å². The maximum Gasteiger partial charge on any atom is 0.417 e. The monoisotopic (exact) mass is 458 g/mol. The van der Waals surface area contributed by atoms with Crippen molar-refractivity contribution < 1.29 is 35.9 Å². The second-order valence-corrected chi connectivity index (χ2v) is 8.68. The summed E-state index contributed by atoms with van der Waals surface area (Å²) in [5.74, 6) is 0.0900. The van der Waals surface area contributed by atoms with E-state index >= 15 is 0 Å². The Hall–Kier alpha value is -2.79. The van der Waals surface area contributed by atoms with E-state index in [0.29, 0.717) is 24.0 Å². The van der Waals surface area contributed by atoms with Crippen LogP contribution in [0.2, 0.25) is 0 Å². The molecule has 1 heterocycles. The van der Waals surface area contributed by atoms with Crippen LogP contribution in [0.1, 0.15) is 18.4 Å². The summed E-state index contributed by atoms with van der Waals surface area (Å²) in [4.78, 5) is 12.0. The zero-order chi connectivity index (χ0) is 22.8. The number of hydrogen-bond acceptors (Lipinski definition) is 5. The first-order valence-electron chi connectivity index (χ1n) is 9.30. The molecule has 0 spiro atoms. The first-order valence-corrected chi connectivity index (χ1v) is 10.7. The SMILES string of the molecule is COc1ccc(OC)c(NC(=O)[C@@H]2CCCN2S(=O)(=O)c2ccccc2C(F)(F)F)c1. The molecule has 0 radical (unpaired) electrons. The van der Waals surface area contributed by atoms with Crippen LogP contribution >= 0.6 is 0 Å². The van der Waals surface area contributed by atoms with Gasteiger partial charge in [0.15, 0.2) is 0 Å². The second kappa shape index (κ2) is 8.75. The lowest BCUT2D eigenvalue weighted by Gasteiger charge is -2.25. The predicted octanol–water partition coefficient (Wildman–Crippen LogP) is 3.51. The van der Waals surface area contributed by atoms with E-state index in [1.54, 1.807) is 12.1 Å². The van der Waals surface area contributed by atoms with Gasteiger partial charge in [0.1, 0.15) is 17.5 Å². The lowest BCUT2D eigenvalue weighted by molar-refractivity contribution is -0.139. The number of sulfonamides is 1. The number of carbonyl (C=O) groups excluding carboxylic acids is 1. The van der Waals surface area contributed by atoms with Crippen LogP contribution in [-0.4, -0.2) is 45.4 Å². The lowest BCUT2D eigenvalue weighted by Crippen LogP contribution is -2.43. The molecular weight excluding hydrogens is 437 g/mol. The Kier molecular flexibility index (Phi) is 6.46. The summed E-state index contributed by atoms with van der Waals surface area (Å²) in [6.07, 6.45) is -4.35. The first kappa shape index (κ1) is 22.9. The Morgan fingerprint density at radius 2 is 1.84 bits per heavy atom. The second-order valence-electron chi connectivity index (χ2n) is 6.82. The summed E-state index contributed by atoms with van der Waals surface area (Å²) in [5, 5.41) is 2.60. The van der Waals surface area contributed by atoms with Gasteiger partial charge in [0.05, 0.1) is 30.4 Å². The highest BCUT2D eigenvalue weighted by Gasteiger charge is 2.44. The van der Waals surface area contributed by atoms with Crippen molar-refractivity contribution in [3.05, 3.63) is 48.0 Å². The lowest BCUT2D eigenvalue weighted by atomic mass is 10.2. The molecule has 11 heteroatoms. The van der Waals surface area contributed by atoms with E-state index in [0.717, 1.165) is 16.4 Å². The average Bonchev–Trinajstić information content (AvgIpc) is 3.24.